The molecule has 102 valence electrons. The molecule has 0 spiro atoms. The zero-order valence-corrected chi connectivity index (χ0v) is 12.5. The van der Waals surface area contributed by atoms with Crippen LogP contribution in [0, 0.1) is 0 Å². The van der Waals surface area contributed by atoms with Crippen LogP contribution in [0.2, 0.25) is 0 Å². The van der Waals surface area contributed by atoms with Crippen molar-refractivity contribution in [2.45, 2.75) is 26.3 Å². The van der Waals surface area contributed by atoms with Crippen molar-refractivity contribution in [3.63, 3.8) is 0 Å². The highest BCUT2D eigenvalue weighted by atomic mass is 32.2. The number of nitrogen functional groups attached to an aromatic ring is 1. The minimum atomic E-state index is 0.477. The van der Waals surface area contributed by atoms with Crippen molar-refractivity contribution < 1.29 is 4.74 Å². The Balaban J connectivity index is 2.90. The Kier molecular flexibility index (Phi) is 6.12. The summed E-state index contributed by atoms with van der Waals surface area (Å²) in [6.07, 6.45) is 3.21. The van der Waals surface area contributed by atoms with Gasteiger partial charge in [0.15, 0.2) is 0 Å². The topological polar surface area (TPSA) is 51.4 Å². The largest absolute Gasteiger partial charge is 0.476 e. The molecule has 0 aliphatic heterocycles. The lowest BCUT2D eigenvalue weighted by Crippen LogP contribution is -2.33. The summed E-state index contributed by atoms with van der Waals surface area (Å²) in [5, 5.41) is 0. The van der Waals surface area contributed by atoms with Gasteiger partial charge in [0, 0.05) is 18.8 Å². The van der Waals surface area contributed by atoms with E-state index in [1.54, 1.807) is 0 Å². The normalized spacial score (nSPS) is 12.2. The molecule has 0 aliphatic rings. The lowest BCUT2D eigenvalue weighted by atomic mass is 10.2. The Morgan fingerprint density at radius 3 is 2.72 bits per heavy atom. The molecular weight excluding hydrogens is 246 g/mol. The summed E-state index contributed by atoms with van der Waals surface area (Å²) in [6, 6.07) is 4.28. The Bertz CT molecular complexity index is 373. The number of ether oxygens (including phenoxy) is 1. The van der Waals surface area contributed by atoms with E-state index in [0.717, 1.165) is 18.0 Å². The fourth-order valence-corrected chi connectivity index (χ4v) is 2.62. The van der Waals surface area contributed by atoms with Crippen LogP contribution in [0.5, 0.6) is 5.88 Å². The monoisotopic (exact) mass is 269 g/mol. The van der Waals surface area contributed by atoms with Crippen LogP contribution in [-0.4, -0.2) is 36.7 Å². The van der Waals surface area contributed by atoms with Gasteiger partial charge >= 0.3 is 0 Å². The maximum atomic E-state index is 5.83. The molecule has 0 saturated carbocycles. The molecule has 1 aromatic rings. The van der Waals surface area contributed by atoms with Crippen molar-refractivity contribution in [1.82, 2.24) is 4.98 Å². The Labute approximate surface area is 114 Å². The second-order valence-corrected chi connectivity index (χ2v) is 5.04. The van der Waals surface area contributed by atoms with Gasteiger partial charge in [-0.15, -0.1) is 0 Å². The van der Waals surface area contributed by atoms with E-state index >= 15 is 0 Å². The highest BCUT2D eigenvalue weighted by Crippen LogP contribution is 2.24. The first-order valence-electron chi connectivity index (χ1n) is 6.25. The molecule has 0 fully saturated rings. The lowest BCUT2D eigenvalue weighted by molar-refractivity contribution is 0.329. The number of pyridine rings is 1. The second-order valence-electron chi connectivity index (χ2n) is 4.13. The van der Waals surface area contributed by atoms with Gasteiger partial charge in [-0.2, -0.15) is 16.7 Å². The van der Waals surface area contributed by atoms with Gasteiger partial charge in [-0.25, -0.2) is 0 Å². The molecule has 0 saturated heterocycles. The van der Waals surface area contributed by atoms with Crippen LogP contribution in [-0.2, 0) is 0 Å². The molecule has 1 heterocycles. The van der Waals surface area contributed by atoms with Gasteiger partial charge in [0.2, 0.25) is 5.88 Å². The predicted octanol–water partition coefficient (Wildman–Crippen LogP) is 2.64. The number of nitrogens with two attached hydrogens (primary N) is 1. The number of nitrogens with zero attached hydrogens (tertiary/aromatic N) is 2. The SMILES string of the molecule is CCOc1nc(N(C)C(CC)CSC)ccc1N. The third kappa shape index (κ3) is 3.70. The summed E-state index contributed by atoms with van der Waals surface area (Å²) in [4.78, 5) is 6.68. The van der Waals surface area contributed by atoms with E-state index in [1.165, 1.54) is 0 Å². The van der Waals surface area contributed by atoms with Crippen molar-refractivity contribution in [2.24, 2.45) is 0 Å². The van der Waals surface area contributed by atoms with Gasteiger partial charge in [0.05, 0.1) is 12.3 Å². The van der Waals surface area contributed by atoms with E-state index in [9.17, 15) is 0 Å². The molecule has 1 unspecified atom stereocenters. The Hall–Kier alpha value is -1.10. The third-order valence-electron chi connectivity index (χ3n) is 2.90. The standard InChI is InChI=1S/C13H23N3OS/c1-5-10(9-18-4)16(3)12-8-7-11(14)13(15-12)17-6-2/h7-8,10H,5-6,9,14H2,1-4H3. The average Bonchev–Trinajstić information content (AvgIpc) is 2.38. The minimum Gasteiger partial charge on any atom is -0.476 e. The molecule has 0 aromatic carbocycles. The van der Waals surface area contributed by atoms with Crippen LogP contribution in [0.4, 0.5) is 11.5 Å². The predicted molar refractivity (Wildman–Crippen MR) is 80.7 cm³/mol. The number of rotatable bonds is 7. The highest BCUT2D eigenvalue weighted by Gasteiger charge is 2.15. The first-order valence-corrected chi connectivity index (χ1v) is 7.64. The summed E-state index contributed by atoms with van der Waals surface area (Å²) in [7, 11) is 2.07. The van der Waals surface area contributed by atoms with Gasteiger partial charge in [-0.1, -0.05) is 6.92 Å². The number of hydrogen-bond acceptors (Lipinski definition) is 5. The fraction of sp³-hybridized carbons (Fsp3) is 0.615. The van der Waals surface area contributed by atoms with Crippen LogP contribution < -0.4 is 15.4 Å². The molecule has 1 rings (SSSR count). The van der Waals surface area contributed by atoms with Crippen molar-refractivity contribution in [2.75, 3.05) is 36.3 Å². The Morgan fingerprint density at radius 1 is 1.44 bits per heavy atom. The van der Waals surface area contributed by atoms with Crippen LogP contribution in [0.1, 0.15) is 20.3 Å². The molecular formula is C13H23N3OS. The molecule has 1 aromatic heterocycles. The van der Waals surface area contributed by atoms with E-state index in [2.05, 4.69) is 30.1 Å². The van der Waals surface area contributed by atoms with Crippen LogP contribution >= 0.6 is 11.8 Å². The molecule has 0 amide bonds. The number of aromatic nitrogens is 1. The summed E-state index contributed by atoms with van der Waals surface area (Å²) in [6.45, 7) is 4.70. The number of thioether (sulfide) groups is 1. The van der Waals surface area contributed by atoms with Crippen molar-refractivity contribution >= 4 is 23.3 Å². The average molecular weight is 269 g/mol. The molecule has 0 bridgehead atoms. The number of hydrogen-bond donors (Lipinski definition) is 1. The third-order valence-corrected chi connectivity index (χ3v) is 3.61. The van der Waals surface area contributed by atoms with Crippen molar-refractivity contribution in [1.29, 1.82) is 0 Å². The van der Waals surface area contributed by atoms with Gasteiger partial charge in [0.1, 0.15) is 5.82 Å². The Morgan fingerprint density at radius 2 is 2.17 bits per heavy atom. The summed E-state index contributed by atoms with van der Waals surface area (Å²) in [5.41, 5.74) is 6.42. The lowest BCUT2D eigenvalue weighted by Gasteiger charge is -2.28. The van der Waals surface area contributed by atoms with E-state index in [1.807, 2.05) is 30.8 Å². The summed E-state index contributed by atoms with van der Waals surface area (Å²) in [5.74, 6) is 2.53. The minimum absolute atomic E-state index is 0.477. The zero-order chi connectivity index (χ0) is 13.5. The molecule has 2 N–H and O–H groups in total. The summed E-state index contributed by atoms with van der Waals surface area (Å²) >= 11 is 1.85. The van der Waals surface area contributed by atoms with Crippen LogP contribution in [0.25, 0.3) is 0 Å². The quantitative estimate of drug-likeness (QED) is 0.824. The van der Waals surface area contributed by atoms with Gasteiger partial charge in [-0.3, -0.25) is 0 Å². The van der Waals surface area contributed by atoms with E-state index in [-0.39, 0.29) is 0 Å². The fourth-order valence-electron chi connectivity index (χ4n) is 1.77. The van der Waals surface area contributed by atoms with E-state index in [0.29, 0.717) is 24.2 Å². The number of anilines is 2. The molecule has 0 radical (unpaired) electrons. The first kappa shape index (κ1) is 15.0. The second kappa shape index (κ2) is 7.36. The maximum Gasteiger partial charge on any atom is 0.239 e. The molecule has 0 aliphatic carbocycles. The first-order chi connectivity index (χ1) is 8.63. The van der Waals surface area contributed by atoms with Crippen LogP contribution in [0.3, 0.4) is 0 Å². The van der Waals surface area contributed by atoms with Crippen molar-refractivity contribution in [3.8, 4) is 5.88 Å². The smallest absolute Gasteiger partial charge is 0.239 e. The highest BCUT2D eigenvalue weighted by molar-refractivity contribution is 7.98. The molecule has 5 heteroatoms. The van der Waals surface area contributed by atoms with Crippen LogP contribution in [0.15, 0.2) is 12.1 Å². The maximum absolute atomic E-state index is 5.83. The summed E-state index contributed by atoms with van der Waals surface area (Å²) < 4.78 is 5.43. The van der Waals surface area contributed by atoms with E-state index in [4.69, 9.17) is 10.5 Å². The molecule has 18 heavy (non-hydrogen) atoms. The van der Waals surface area contributed by atoms with E-state index < -0.39 is 0 Å². The van der Waals surface area contributed by atoms with Crippen molar-refractivity contribution in [3.05, 3.63) is 12.1 Å². The molecule has 4 nitrogen and oxygen atoms in total. The molecule has 1 atom stereocenters. The van der Waals surface area contributed by atoms with Gasteiger partial charge in [0.25, 0.3) is 0 Å². The zero-order valence-electron chi connectivity index (χ0n) is 11.6. The van der Waals surface area contributed by atoms with Gasteiger partial charge in [-0.05, 0) is 31.7 Å². The van der Waals surface area contributed by atoms with Gasteiger partial charge < -0.3 is 15.4 Å².